The fourth-order valence-electron chi connectivity index (χ4n) is 2.99. The predicted octanol–water partition coefficient (Wildman–Crippen LogP) is 4.52. The normalized spacial score (nSPS) is 10.6. The van der Waals surface area contributed by atoms with Crippen LogP contribution in [0.25, 0.3) is 22.6 Å². The first kappa shape index (κ1) is 19.1. The van der Waals surface area contributed by atoms with Crippen LogP contribution in [0, 0.1) is 0 Å². The number of aromatic nitrogens is 2. The van der Waals surface area contributed by atoms with E-state index < -0.39 is 6.09 Å². The summed E-state index contributed by atoms with van der Waals surface area (Å²) in [7, 11) is 1.57. The maximum Gasteiger partial charge on any atom is 0.404 e. The first-order valence-corrected chi connectivity index (χ1v) is 8.99. The Labute approximate surface area is 171 Å². The minimum atomic E-state index is -1.09. The Morgan fingerprint density at radius 3 is 2.77 bits per heavy atom. The van der Waals surface area contributed by atoms with E-state index in [1.165, 1.54) is 6.39 Å². The average Bonchev–Trinajstić information content (AvgIpc) is 3.45. The number of hydrogen-bond donors (Lipinski definition) is 3. The molecule has 3 N–H and O–H groups in total. The van der Waals surface area contributed by atoms with Gasteiger partial charge in [-0.3, -0.25) is 0 Å². The van der Waals surface area contributed by atoms with Gasteiger partial charge in [-0.15, -0.1) is 0 Å². The number of nitrogens with one attached hydrogen (secondary N) is 2. The lowest BCUT2D eigenvalue weighted by molar-refractivity contribution is 0.194. The van der Waals surface area contributed by atoms with Crippen molar-refractivity contribution in [1.82, 2.24) is 15.3 Å². The van der Waals surface area contributed by atoms with Crippen LogP contribution in [0.5, 0.6) is 5.75 Å². The predicted molar refractivity (Wildman–Crippen MR) is 109 cm³/mol. The molecule has 0 saturated carbocycles. The zero-order valence-corrected chi connectivity index (χ0v) is 16.0. The van der Waals surface area contributed by atoms with Crippen LogP contribution in [0.4, 0.5) is 16.5 Å². The van der Waals surface area contributed by atoms with Crippen LogP contribution < -0.4 is 15.4 Å². The summed E-state index contributed by atoms with van der Waals surface area (Å²) < 4.78 is 16.6. The standard InChI is InChI=1S/C21H18N4O5/c1-28-17-8-14(6-7-16(17)18-10-22-12-29-18)25-20-23-11-19(30-20)15-5-3-2-4-13(15)9-24-21(26)27/h2-8,10-12,24H,9H2,1H3,(H,23,25)(H,26,27). The lowest BCUT2D eigenvalue weighted by atomic mass is 10.1. The van der Waals surface area contributed by atoms with Gasteiger partial charge in [-0.05, 0) is 17.7 Å². The van der Waals surface area contributed by atoms with Gasteiger partial charge in [-0.2, -0.15) is 0 Å². The second-order valence-corrected chi connectivity index (χ2v) is 6.25. The molecule has 0 atom stereocenters. The number of oxazole rings is 2. The van der Waals surface area contributed by atoms with Crippen LogP contribution in [0.2, 0.25) is 0 Å². The molecule has 9 heteroatoms. The summed E-state index contributed by atoms with van der Waals surface area (Å²) in [5, 5.41) is 14.3. The molecule has 30 heavy (non-hydrogen) atoms. The summed E-state index contributed by atoms with van der Waals surface area (Å²) in [6.45, 7) is 0.162. The highest BCUT2D eigenvalue weighted by Crippen LogP contribution is 2.34. The van der Waals surface area contributed by atoms with Crippen molar-refractivity contribution in [3.63, 3.8) is 0 Å². The Morgan fingerprint density at radius 2 is 2.00 bits per heavy atom. The van der Waals surface area contributed by atoms with Gasteiger partial charge in [0.1, 0.15) is 5.75 Å². The van der Waals surface area contributed by atoms with Crippen molar-refractivity contribution in [2.45, 2.75) is 6.54 Å². The molecule has 0 saturated heterocycles. The van der Waals surface area contributed by atoms with Crippen molar-refractivity contribution in [3.8, 4) is 28.4 Å². The van der Waals surface area contributed by atoms with E-state index in [0.717, 1.165) is 16.7 Å². The Bertz CT molecular complexity index is 1150. The van der Waals surface area contributed by atoms with Crippen LogP contribution in [0.3, 0.4) is 0 Å². The Morgan fingerprint density at radius 1 is 1.13 bits per heavy atom. The monoisotopic (exact) mass is 406 g/mol. The van der Waals surface area contributed by atoms with E-state index >= 15 is 0 Å². The molecule has 4 rings (SSSR count). The van der Waals surface area contributed by atoms with Crippen molar-refractivity contribution < 1.29 is 23.5 Å². The molecule has 0 aliphatic heterocycles. The summed E-state index contributed by atoms with van der Waals surface area (Å²) in [5.41, 5.74) is 3.02. The van der Waals surface area contributed by atoms with Crippen LogP contribution in [-0.4, -0.2) is 28.3 Å². The Balaban J connectivity index is 1.55. The van der Waals surface area contributed by atoms with Gasteiger partial charge in [-0.1, -0.05) is 24.3 Å². The molecule has 0 spiro atoms. The van der Waals surface area contributed by atoms with Gasteiger partial charge >= 0.3 is 6.09 Å². The van der Waals surface area contributed by atoms with E-state index in [1.807, 2.05) is 36.4 Å². The molecular weight excluding hydrogens is 388 g/mol. The van der Waals surface area contributed by atoms with Gasteiger partial charge in [0.05, 0.1) is 25.1 Å². The zero-order valence-electron chi connectivity index (χ0n) is 16.0. The third kappa shape index (κ3) is 4.09. The first-order valence-electron chi connectivity index (χ1n) is 8.99. The minimum absolute atomic E-state index is 0.162. The van der Waals surface area contributed by atoms with Crippen LogP contribution in [-0.2, 0) is 6.54 Å². The fourth-order valence-corrected chi connectivity index (χ4v) is 2.99. The molecule has 152 valence electrons. The lowest BCUT2D eigenvalue weighted by Crippen LogP contribution is -2.20. The number of amides is 1. The molecule has 0 fully saturated rings. The van der Waals surface area contributed by atoms with Gasteiger partial charge < -0.3 is 29.3 Å². The van der Waals surface area contributed by atoms with E-state index in [2.05, 4.69) is 20.6 Å². The molecule has 2 aromatic carbocycles. The summed E-state index contributed by atoms with van der Waals surface area (Å²) in [5.74, 6) is 1.72. The number of carboxylic acid groups (broad SMARTS) is 1. The molecular formula is C21H18N4O5. The van der Waals surface area contributed by atoms with Gasteiger partial charge in [0.15, 0.2) is 17.9 Å². The van der Waals surface area contributed by atoms with E-state index in [1.54, 1.807) is 25.6 Å². The average molecular weight is 406 g/mol. The Hall–Kier alpha value is -4.27. The molecule has 0 bridgehead atoms. The molecule has 2 heterocycles. The number of ether oxygens (including phenoxy) is 1. The Kier molecular flexibility index (Phi) is 5.33. The molecule has 9 nitrogen and oxygen atoms in total. The number of nitrogens with zero attached hydrogens (tertiary/aromatic N) is 2. The molecule has 4 aromatic rings. The van der Waals surface area contributed by atoms with Crippen LogP contribution in [0.1, 0.15) is 5.56 Å². The third-order valence-corrected chi connectivity index (χ3v) is 4.37. The second kappa shape index (κ2) is 8.39. The van der Waals surface area contributed by atoms with E-state index in [0.29, 0.717) is 29.0 Å². The van der Waals surface area contributed by atoms with Crippen LogP contribution >= 0.6 is 0 Å². The van der Waals surface area contributed by atoms with Gasteiger partial charge in [-0.25, -0.2) is 14.8 Å². The van der Waals surface area contributed by atoms with Crippen molar-refractivity contribution >= 4 is 17.8 Å². The first-order chi connectivity index (χ1) is 14.6. The van der Waals surface area contributed by atoms with Gasteiger partial charge in [0.25, 0.3) is 6.01 Å². The summed E-state index contributed by atoms with van der Waals surface area (Å²) in [6.07, 6.45) is 3.47. The van der Waals surface area contributed by atoms with E-state index in [4.69, 9.17) is 18.7 Å². The maximum absolute atomic E-state index is 10.8. The van der Waals surface area contributed by atoms with Gasteiger partial charge in [0, 0.05) is 23.9 Å². The number of hydrogen-bond acceptors (Lipinski definition) is 7. The minimum Gasteiger partial charge on any atom is -0.496 e. The number of carbonyl (C=O) groups is 1. The molecule has 0 radical (unpaired) electrons. The third-order valence-electron chi connectivity index (χ3n) is 4.37. The molecule has 1 amide bonds. The smallest absolute Gasteiger partial charge is 0.404 e. The molecule has 2 aromatic heterocycles. The topological polar surface area (TPSA) is 123 Å². The summed E-state index contributed by atoms with van der Waals surface area (Å²) >= 11 is 0. The molecule has 0 unspecified atom stereocenters. The van der Waals surface area contributed by atoms with Crippen molar-refractivity contribution in [1.29, 1.82) is 0 Å². The second-order valence-electron chi connectivity index (χ2n) is 6.25. The van der Waals surface area contributed by atoms with Crippen LogP contribution in [0.15, 0.2) is 70.1 Å². The molecule has 0 aliphatic rings. The SMILES string of the molecule is COc1cc(Nc2ncc(-c3ccccc3CNC(=O)O)o2)ccc1-c1cnco1. The highest BCUT2D eigenvalue weighted by Gasteiger charge is 2.13. The number of benzene rings is 2. The highest BCUT2D eigenvalue weighted by atomic mass is 16.5. The number of methoxy groups -OCH3 is 1. The van der Waals surface area contributed by atoms with Crippen molar-refractivity contribution in [2.75, 3.05) is 12.4 Å². The van der Waals surface area contributed by atoms with E-state index in [9.17, 15) is 4.79 Å². The quantitative estimate of drug-likeness (QED) is 0.409. The lowest BCUT2D eigenvalue weighted by Gasteiger charge is -2.09. The number of rotatable bonds is 7. The van der Waals surface area contributed by atoms with Crippen molar-refractivity contribution in [3.05, 3.63) is 66.8 Å². The molecule has 0 aliphatic carbocycles. The summed E-state index contributed by atoms with van der Waals surface area (Å²) in [6, 6.07) is 13.1. The van der Waals surface area contributed by atoms with Gasteiger partial charge in [0.2, 0.25) is 0 Å². The largest absolute Gasteiger partial charge is 0.496 e. The van der Waals surface area contributed by atoms with Crippen molar-refractivity contribution in [2.24, 2.45) is 0 Å². The van der Waals surface area contributed by atoms with E-state index in [-0.39, 0.29) is 6.54 Å². The fraction of sp³-hybridized carbons (Fsp3) is 0.0952. The summed E-state index contributed by atoms with van der Waals surface area (Å²) in [4.78, 5) is 19.0. The maximum atomic E-state index is 10.8. The number of anilines is 2. The zero-order chi connectivity index (χ0) is 20.9. The highest BCUT2D eigenvalue weighted by molar-refractivity contribution is 5.71.